The molecule has 2 aliphatic rings. The van der Waals surface area contributed by atoms with Crippen LogP contribution in [0.5, 0.6) is 0 Å². The summed E-state index contributed by atoms with van der Waals surface area (Å²) in [5, 5.41) is 9.04. The number of likely N-dealkylation sites (tertiary alicyclic amines) is 2. The number of carbonyl (C=O) groups excluding carboxylic acids is 3. The van der Waals surface area contributed by atoms with Gasteiger partial charge in [0.05, 0.1) is 23.8 Å². The Balaban J connectivity index is 1.54. The van der Waals surface area contributed by atoms with Gasteiger partial charge in [0.25, 0.3) is 0 Å². The van der Waals surface area contributed by atoms with Crippen molar-refractivity contribution in [2.75, 3.05) is 20.1 Å². The van der Waals surface area contributed by atoms with Crippen molar-refractivity contribution < 1.29 is 14.4 Å². The third kappa shape index (κ3) is 5.98. The number of hydrogen-bond donors (Lipinski definition) is 3. The van der Waals surface area contributed by atoms with Crippen molar-refractivity contribution >= 4 is 23.5 Å². The van der Waals surface area contributed by atoms with E-state index in [2.05, 4.69) is 34.1 Å². The average Bonchev–Trinajstić information content (AvgIpc) is 3.68. The fourth-order valence-electron chi connectivity index (χ4n) is 6.44. The fraction of sp³-hybridized carbons (Fsp3) is 0.515. The van der Waals surface area contributed by atoms with Gasteiger partial charge in [-0.2, -0.15) is 0 Å². The lowest BCUT2D eigenvalue weighted by molar-refractivity contribution is -0.140. The Morgan fingerprint density at radius 2 is 1.70 bits per heavy atom. The SMILES string of the molecule is CNC(C)C(=O)NC(C(=O)N1CCC2C1C(c1cn3cccc(-c4ccccc4)c3n1)CN2C(=O)NC(C)C)C(C)(C)C. The number of likely N-dealkylation sites (N-methyl/N-ethyl adjacent to an activating group) is 1. The maximum absolute atomic E-state index is 14.4. The van der Waals surface area contributed by atoms with Crippen LogP contribution in [-0.2, 0) is 9.59 Å². The zero-order valence-electron chi connectivity index (χ0n) is 26.3. The number of urea groups is 1. The van der Waals surface area contributed by atoms with Gasteiger partial charge in [-0.05, 0) is 57.4 Å². The molecule has 0 spiro atoms. The maximum Gasteiger partial charge on any atom is 0.317 e. The number of aromatic nitrogens is 2. The molecule has 2 saturated heterocycles. The van der Waals surface area contributed by atoms with E-state index >= 15 is 0 Å². The predicted molar refractivity (Wildman–Crippen MR) is 168 cm³/mol. The van der Waals surface area contributed by atoms with Crippen molar-refractivity contribution in [1.82, 2.24) is 35.1 Å². The van der Waals surface area contributed by atoms with Crippen molar-refractivity contribution in [2.45, 2.75) is 84.1 Å². The van der Waals surface area contributed by atoms with E-state index in [4.69, 9.17) is 4.98 Å². The Hall–Kier alpha value is -3.92. The number of benzene rings is 1. The van der Waals surface area contributed by atoms with Gasteiger partial charge in [0, 0.05) is 43.0 Å². The number of nitrogens with zero attached hydrogens (tertiary/aromatic N) is 4. The molecular weight excluding hydrogens is 542 g/mol. The summed E-state index contributed by atoms with van der Waals surface area (Å²) < 4.78 is 2.03. The first-order valence-corrected chi connectivity index (χ1v) is 15.3. The summed E-state index contributed by atoms with van der Waals surface area (Å²) in [5.41, 5.74) is 3.26. The minimum atomic E-state index is -0.723. The first kappa shape index (κ1) is 30.5. The number of rotatable bonds is 7. The van der Waals surface area contributed by atoms with Crippen molar-refractivity contribution in [2.24, 2.45) is 5.41 Å². The summed E-state index contributed by atoms with van der Waals surface area (Å²) in [6, 6.07) is 12.5. The van der Waals surface area contributed by atoms with Crippen LogP contribution >= 0.6 is 0 Å². The van der Waals surface area contributed by atoms with Crippen molar-refractivity contribution in [3.63, 3.8) is 0 Å². The lowest BCUT2D eigenvalue weighted by Gasteiger charge is -2.37. The van der Waals surface area contributed by atoms with E-state index in [0.717, 1.165) is 22.5 Å². The molecule has 2 fully saturated rings. The molecule has 0 aliphatic carbocycles. The summed E-state index contributed by atoms with van der Waals surface area (Å²) in [5.74, 6) is -0.534. The number of fused-ring (bicyclic) bond motifs is 2. The largest absolute Gasteiger partial charge is 0.342 e. The minimum absolute atomic E-state index is 0.0117. The molecule has 5 unspecified atom stereocenters. The smallest absolute Gasteiger partial charge is 0.317 e. The lowest BCUT2D eigenvalue weighted by Crippen LogP contribution is -2.59. The Morgan fingerprint density at radius 1 is 0.977 bits per heavy atom. The molecule has 2 aliphatic heterocycles. The minimum Gasteiger partial charge on any atom is -0.342 e. The van der Waals surface area contributed by atoms with Crippen molar-refractivity contribution in [3.8, 4) is 11.1 Å². The van der Waals surface area contributed by atoms with Gasteiger partial charge in [0.1, 0.15) is 11.7 Å². The molecule has 1 aromatic carbocycles. The highest BCUT2D eigenvalue weighted by molar-refractivity contribution is 5.91. The summed E-state index contributed by atoms with van der Waals surface area (Å²) in [6.45, 7) is 12.5. The van der Waals surface area contributed by atoms with Gasteiger partial charge in [0.15, 0.2) is 0 Å². The van der Waals surface area contributed by atoms with Crippen LogP contribution in [0.15, 0.2) is 54.9 Å². The molecule has 10 heteroatoms. The van der Waals surface area contributed by atoms with Gasteiger partial charge < -0.3 is 30.2 Å². The number of carbonyl (C=O) groups is 3. The molecule has 43 heavy (non-hydrogen) atoms. The zero-order valence-corrected chi connectivity index (χ0v) is 26.3. The molecule has 2 aromatic heterocycles. The maximum atomic E-state index is 14.4. The van der Waals surface area contributed by atoms with E-state index in [0.29, 0.717) is 19.5 Å². The van der Waals surface area contributed by atoms with E-state index in [1.165, 1.54) is 0 Å². The Bertz CT molecular complexity index is 1480. The molecule has 3 N–H and O–H groups in total. The van der Waals surface area contributed by atoms with Crippen LogP contribution in [0, 0.1) is 5.41 Å². The van der Waals surface area contributed by atoms with E-state index in [1.807, 2.05) is 85.5 Å². The number of amides is 4. The molecule has 4 heterocycles. The molecule has 5 atom stereocenters. The van der Waals surface area contributed by atoms with Crippen LogP contribution in [0.1, 0.15) is 59.6 Å². The second-order valence-corrected chi connectivity index (χ2v) is 13.2. The number of pyridine rings is 1. The average molecular weight is 588 g/mol. The fourth-order valence-corrected chi connectivity index (χ4v) is 6.44. The van der Waals surface area contributed by atoms with E-state index in [9.17, 15) is 14.4 Å². The quantitative estimate of drug-likeness (QED) is 0.391. The third-order valence-corrected chi connectivity index (χ3v) is 8.77. The molecule has 0 bridgehead atoms. The summed E-state index contributed by atoms with van der Waals surface area (Å²) in [7, 11) is 1.72. The van der Waals surface area contributed by atoms with Crippen LogP contribution in [0.25, 0.3) is 16.8 Å². The van der Waals surface area contributed by atoms with Crippen molar-refractivity contribution in [3.05, 3.63) is 60.6 Å². The van der Waals surface area contributed by atoms with E-state index in [-0.39, 0.29) is 41.9 Å². The summed E-state index contributed by atoms with van der Waals surface area (Å²) in [4.78, 5) is 49.7. The van der Waals surface area contributed by atoms with Gasteiger partial charge >= 0.3 is 6.03 Å². The molecule has 0 radical (unpaired) electrons. The third-order valence-electron chi connectivity index (χ3n) is 8.77. The van der Waals surface area contributed by atoms with Crippen LogP contribution < -0.4 is 16.0 Å². The Morgan fingerprint density at radius 3 is 2.35 bits per heavy atom. The topological polar surface area (TPSA) is 111 Å². The van der Waals surface area contributed by atoms with Gasteiger partial charge in [-0.15, -0.1) is 0 Å². The standard InChI is InChI=1S/C33H45N7O3/c1-20(2)35-32(43)40-18-24(25-19-38-16-11-14-23(29(38)36-25)22-12-9-8-10-13-22)27-26(40)15-17-39(27)31(42)28(33(4,5)6)37-30(41)21(3)34-7/h8-14,16,19-21,24,26-28,34H,15,17-18H2,1-7H3,(H,35,43)(H,37,41). The molecule has 3 aromatic rings. The lowest BCUT2D eigenvalue weighted by atomic mass is 9.85. The first-order chi connectivity index (χ1) is 20.4. The second-order valence-electron chi connectivity index (χ2n) is 13.2. The Kier molecular flexibility index (Phi) is 8.51. The number of hydrogen-bond acceptors (Lipinski definition) is 5. The van der Waals surface area contributed by atoms with Crippen LogP contribution in [0.2, 0.25) is 0 Å². The normalized spacial score (nSPS) is 21.6. The monoisotopic (exact) mass is 587 g/mol. The summed E-state index contributed by atoms with van der Waals surface area (Å²) in [6.07, 6.45) is 4.68. The van der Waals surface area contributed by atoms with Crippen LogP contribution in [0.3, 0.4) is 0 Å². The summed E-state index contributed by atoms with van der Waals surface area (Å²) >= 11 is 0. The van der Waals surface area contributed by atoms with Gasteiger partial charge in [0.2, 0.25) is 11.8 Å². The van der Waals surface area contributed by atoms with Crippen molar-refractivity contribution in [1.29, 1.82) is 0 Å². The molecule has 230 valence electrons. The highest BCUT2D eigenvalue weighted by Crippen LogP contribution is 2.42. The molecule has 4 amide bonds. The van der Waals surface area contributed by atoms with Crippen LogP contribution in [0.4, 0.5) is 4.79 Å². The van der Waals surface area contributed by atoms with Crippen LogP contribution in [-0.4, -0.2) is 87.4 Å². The molecule has 10 nitrogen and oxygen atoms in total. The second kappa shape index (κ2) is 12.0. The van der Waals surface area contributed by atoms with E-state index < -0.39 is 17.5 Å². The van der Waals surface area contributed by atoms with Gasteiger partial charge in [-0.1, -0.05) is 51.1 Å². The molecule has 5 rings (SSSR count). The highest BCUT2D eigenvalue weighted by atomic mass is 16.2. The van der Waals surface area contributed by atoms with Gasteiger partial charge in [-0.3, -0.25) is 9.59 Å². The molecular formula is C33H45N7O3. The van der Waals surface area contributed by atoms with E-state index in [1.54, 1.807) is 14.0 Å². The predicted octanol–water partition coefficient (Wildman–Crippen LogP) is 3.63. The van der Waals surface area contributed by atoms with Gasteiger partial charge in [-0.25, -0.2) is 9.78 Å². The first-order valence-electron chi connectivity index (χ1n) is 15.3. The Labute approximate surface area is 254 Å². The highest BCUT2D eigenvalue weighted by Gasteiger charge is 2.54. The zero-order chi connectivity index (χ0) is 31.1. The molecule has 0 saturated carbocycles. The number of imidazole rings is 1. The number of nitrogens with one attached hydrogen (secondary N) is 3.